The van der Waals surface area contributed by atoms with Crippen LogP contribution in [0.25, 0.3) is 0 Å². The fraction of sp³-hybridized carbons (Fsp3) is 0.625. The molecular weight excluding hydrogens is 234 g/mol. The molecule has 1 heterocycles. The lowest BCUT2D eigenvalue weighted by Crippen LogP contribution is -2.44. The number of rotatable bonds is 6. The number of hydrogen-bond donors (Lipinski definition) is 1. The minimum atomic E-state index is 0.241. The Morgan fingerprint density at radius 1 is 1.32 bits per heavy atom. The van der Waals surface area contributed by atoms with Crippen molar-refractivity contribution in [1.29, 1.82) is 0 Å². The Morgan fingerprint density at radius 2 is 2.05 bits per heavy atom. The highest BCUT2D eigenvalue weighted by molar-refractivity contribution is 5.15. The Labute approximate surface area is 117 Å². The van der Waals surface area contributed by atoms with E-state index < -0.39 is 0 Å². The van der Waals surface area contributed by atoms with Crippen molar-refractivity contribution in [1.82, 2.24) is 9.80 Å². The first-order valence-electron chi connectivity index (χ1n) is 7.33. The summed E-state index contributed by atoms with van der Waals surface area (Å²) in [7, 11) is 4.31. The van der Waals surface area contributed by atoms with E-state index in [4.69, 9.17) is 5.73 Å². The van der Waals surface area contributed by atoms with E-state index in [1.54, 1.807) is 0 Å². The lowest BCUT2D eigenvalue weighted by Gasteiger charge is -2.29. The molecule has 0 aromatic heterocycles. The minimum Gasteiger partial charge on any atom is -0.326 e. The third-order valence-electron chi connectivity index (χ3n) is 3.88. The van der Waals surface area contributed by atoms with Crippen LogP contribution >= 0.6 is 0 Å². The van der Waals surface area contributed by atoms with E-state index in [0.29, 0.717) is 6.04 Å². The Balaban J connectivity index is 1.82. The Morgan fingerprint density at radius 3 is 2.74 bits per heavy atom. The van der Waals surface area contributed by atoms with Gasteiger partial charge < -0.3 is 10.6 Å². The molecule has 0 bridgehead atoms. The molecule has 1 aliphatic rings. The smallest absolute Gasteiger partial charge is 0.0224 e. The summed E-state index contributed by atoms with van der Waals surface area (Å²) in [6.45, 7) is 3.38. The third kappa shape index (κ3) is 4.60. The van der Waals surface area contributed by atoms with Crippen molar-refractivity contribution in [3.05, 3.63) is 35.9 Å². The van der Waals surface area contributed by atoms with Gasteiger partial charge in [-0.25, -0.2) is 0 Å². The van der Waals surface area contributed by atoms with Crippen molar-refractivity contribution in [2.45, 2.75) is 31.3 Å². The number of nitrogens with zero attached hydrogens (tertiary/aromatic N) is 2. The van der Waals surface area contributed by atoms with E-state index in [0.717, 1.165) is 19.5 Å². The van der Waals surface area contributed by atoms with Gasteiger partial charge >= 0.3 is 0 Å². The zero-order chi connectivity index (χ0) is 13.7. The van der Waals surface area contributed by atoms with E-state index in [-0.39, 0.29) is 6.04 Å². The molecule has 3 heteroatoms. The van der Waals surface area contributed by atoms with Crippen LogP contribution in [0.2, 0.25) is 0 Å². The van der Waals surface area contributed by atoms with Crippen LogP contribution in [0.4, 0.5) is 0 Å². The number of hydrogen-bond acceptors (Lipinski definition) is 3. The van der Waals surface area contributed by atoms with Gasteiger partial charge in [-0.2, -0.15) is 0 Å². The van der Waals surface area contributed by atoms with Gasteiger partial charge in [0.25, 0.3) is 0 Å². The van der Waals surface area contributed by atoms with Crippen LogP contribution < -0.4 is 5.73 Å². The molecule has 2 unspecified atom stereocenters. The Bertz CT molecular complexity index is 364. The molecule has 2 rings (SSSR count). The van der Waals surface area contributed by atoms with Crippen LogP contribution in [-0.2, 0) is 6.42 Å². The van der Waals surface area contributed by atoms with Gasteiger partial charge in [-0.1, -0.05) is 30.3 Å². The number of likely N-dealkylation sites (tertiary alicyclic amines) is 1. The van der Waals surface area contributed by atoms with Gasteiger partial charge in [-0.3, -0.25) is 4.90 Å². The van der Waals surface area contributed by atoms with Gasteiger partial charge in [0.1, 0.15) is 0 Å². The van der Waals surface area contributed by atoms with Crippen molar-refractivity contribution in [2.75, 3.05) is 33.7 Å². The van der Waals surface area contributed by atoms with Gasteiger partial charge in [0.15, 0.2) is 0 Å². The normalized spacial score (nSPS) is 22.0. The topological polar surface area (TPSA) is 32.5 Å². The third-order valence-corrected chi connectivity index (χ3v) is 3.88. The molecule has 0 saturated carbocycles. The molecule has 1 fully saturated rings. The molecule has 2 N–H and O–H groups in total. The molecular formula is C16H27N3. The Hall–Kier alpha value is -0.900. The summed E-state index contributed by atoms with van der Waals surface area (Å²) < 4.78 is 0. The minimum absolute atomic E-state index is 0.241. The van der Waals surface area contributed by atoms with Crippen LogP contribution in [-0.4, -0.2) is 55.6 Å². The largest absolute Gasteiger partial charge is 0.326 e. The van der Waals surface area contributed by atoms with Crippen LogP contribution in [0.1, 0.15) is 18.4 Å². The van der Waals surface area contributed by atoms with Gasteiger partial charge in [0.2, 0.25) is 0 Å². The van der Waals surface area contributed by atoms with E-state index in [1.807, 2.05) is 0 Å². The summed E-state index contributed by atoms with van der Waals surface area (Å²) in [6, 6.07) is 11.5. The molecule has 19 heavy (non-hydrogen) atoms. The molecule has 2 atom stereocenters. The van der Waals surface area contributed by atoms with Gasteiger partial charge in [0, 0.05) is 25.2 Å². The average molecular weight is 261 g/mol. The maximum Gasteiger partial charge on any atom is 0.0224 e. The van der Waals surface area contributed by atoms with E-state index in [2.05, 4.69) is 54.2 Å². The van der Waals surface area contributed by atoms with Crippen molar-refractivity contribution in [2.24, 2.45) is 5.73 Å². The molecule has 0 radical (unpaired) electrons. The number of benzene rings is 1. The summed E-state index contributed by atoms with van der Waals surface area (Å²) >= 11 is 0. The molecule has 1 aromatic carbocycles. The Kier molecular flexibility index (Phi) is 5.37. The molecule has 0 aliphatic carbocycles. The van der Waals surface area contributed by atoms with Gasteiger partial charge in [0.05, 0.1) is 0 Å². The summed E-state index contributed by atoms with van der Waals surface area (Å²) in [6.07, 6.45) is 3.61. The quantitative estimate of drug-likeness (QED) is 0.844. The number of likely N-dealkylation sites (N-methyl/N-ethyl adjacent to an activating group) is 1. The lowest BCUT2D eigenvalue weighted by atomic mass is 10.1. The highest BCUT2D eigenvalue weighted by atomic mass is 15.2. The SMILES string of the molecule is CN(C)CC1CCCN1CC(N)Cc1ccccc1. The monoisotopic (exact) mass is 261 g/mol. The molecule has 3 nitrogen and oxygen atoms in total. The van der Waals surface area contributed by atoms with Gasteiger partial charge in [-0.05, 0) is 45.5 Å². The van der Waals surface area contributed by atoms with Crippen LogP contribution in [0.5, 0.6) is 0 Å². The standard InChI is InChI=1S/C16H27N3/c1-18(2)13-16-9-6-10-19(16)12-15(17)11-14-7-4-3-5-8-14/h3-5,7-8,15-16H,6,9-13,17H2,1-2H3. The summed E-state index contributed by atoms with van der Waals surface area (Å²) in [5.74, 6) is 0. The first kappa shape index (κ1) is 14.5. The second-order valence-corrected chi connectivity index (χ2v) is 6.00. The van der Waals surface area contributed by atoms with E-state index in [9.17, 15) is 0 Å². The maximum absolute atomic E-state index is 6.32. The fourth-order valence-corrected chi connectivity index (χ4v) is 3.05. The number of nitrogens with two attached hydrogens (primary N) is 1. The average Bonchev–Trinajstić information content (AvgIpc) is 2.77. The highest BCUT2D eigenvalue weighted by Gasteiger charge is 2.26. The molecule has 106 valence electrons. The van der Waals surface area contributed by atoms with Crippen molar-refractivity contribution in [3.8, 4) is 0 Å². The van der Waals surface area contributed by atoms with E-state index >= 15 is 0 Å². The summed E-state index contributed by atoms with van der Waals surface area (Å²) in [5.41, 5.74) is 7.67. The lowest BCUT2D eigenvalue weighted by molar-refractivity contribution is 0.197. The predicted molar refractivity (Wildman–Crippen MR) is 81.3 cm³/mol. The molecule has 0 spiro atoms. The summed E-state index contributed by atoms with van der Waals surface area (Å²) in [5, 5.41) is 0. The van der Waals surface area contributed by atoms with Crippen LogP contribution in [0.15, 0.2) is 30.3 Å². The molecule has 0 amide bonds. The molecule has 1 aliphatic heterocycles. The molecule has 1 aromatic rings. The van der Waals surface area contributed by atoms with Crippen molar-refractivity contribution < 1.29 is 0 Å². The van der Waals surface area contributed by atoms with Crippen LogP contribution in [0.3, 0.4) is 0 Å². The maximum atomic E-state index is 6.32. The zero-order valence-electron chi connectivity index (χ0n) is 12.3. The second kappa shape index (κ2) is 7.04. The first-order chi connectivity index (χ1) is 9.15. The van der Waals surface area contributed by atoms with E-state index in [1.165, 1.54) is 24.9 Å². The highest BCUT2D eigenvalue weighted by Crippen LogP contribution is 2.18. The van der Waals surface area contributed by atoms with Crippen molar-refractivity contribution in [3.63, 3.8) is 0 Å². The first-order valence-corrected chi connectivity index (χ1v) is 7.33. The van der Waals surface area contributed by atoms with Gasteiger partial charge in [-0.15, -0.1) is 0 Å². The predicted octanol–water partition coefficient (Wildman–Crippen LogP) is 1.58. The fourth-order valence-electron chi connectivity index (χ4n) is 3.05. The van der Waals surface area contributed by atoms with Crippen LogP contribution in [0, 0.1) is 0 Å². The summed E-state index contributed by atoms with van der Waals surface area (Å²) in [4.78, 5) is 4.86. The second-order valence-electron chi connectivity index (χ2n) is 6.00. The molecule has 1 saturated heterocycles. The zero-order valence-corrected chi connectivity index (χ0v) is 12.3. The van der Waals surface area contributed by atoms with Crippen molar-refractivity contribution >= 4 is 0 Å².